The number of aryl methyl sites for hydroxylation is 2. The van der Waals surface area contributed by atoms with Crippen molar-refractivity contribution >= 4 is 17.7 Å². The summed E-state index contributed by atoms with van der Waals surface area (Å²) in [6.45, 7) is 4.12. The van der Waals surface area contributed by atoms with Gasteiger partial charge in [-0.25, -0.2) is 4.98 Å². The van der Waals surface area contributed by atoms with Gasteiger partial charge in [-0.05, 0) is 19.9 Å². The molecule has 0 fully saturated rings. The number of carbonyl (C=O) groups excluding carboxylic acids is 1. The van der Waals surface area contributed by atoms with E-state index in [0.717, 1.165) is 27.5 Å². The number of imidazole rings is 1. The van der Waals surface area contributed by atoms with Gasteiger partial charge in [0.1, 0.15) is 5.82 Å². The van der Waals surface area contributed by atoms with E-state index in [-0.39, 0.29) is 12.3 Å². The molecule has 1 unspecified atom stereocenters. The molecule has 0 spiro atoms. The molecule has 8 nitrogen and oxygen atoms in total. The number of nitrogens with one attached hydrogen (secondary N) is 1. The molecule has 2 aromatic heterocycles. The zero-order valence-corrected chi connectivity index (χ0v) is 19.2. The van der Waals surface area contributed by atoms with Crippen LogP contribution in [0.1, 0.15) is 24.7 Å². The highest BCUT2D eigenvalue weighted by Crippen LogP contribution is 2.40. The molecule has 0 saturated carbocycles. The second-order valence-corrected chi connectivity index (χ2v) is 8.47. The van der Waals surface area contributed by atoms with Gasteiger partial charge in [-0.15, -0.1) is 10.2 Å². The van der Waals surface area contributed by atoms with Gasteiger partial charge < -0.3 is 19.6 Å². The number of aliphatic hydroxyl groups is 1. The van der Waals surface area contributed by atoms with E-state index in [0.29, 0.717) is 17.5 Å². The molecule has 12 heteroatoms. The van der Waals surface area contributed by atoms with E-state index >= 15 is 0 Å². The molecule has 0 aliphatic rings. The average Bonchev–Trinajstić information content (AvgIpc) is 3.37. The van der Waals surface area contributed by atoms with E-state index in [9.17, 15) is 23.1 Å². The molecular formula is C21H25F3N6O2S. The SMILES string of the molecule is CCn1c(SCC(=O)NCCC(O)(c2nccn2C)C(F)(F)F)nnc1-c1cccc(C)c1. The second kappa shape index (κ2) is 9.96. The van der Waals surface area contributed by atoms with Gasteiger partial charge in [-0.1, -0.05) is 35.5 Å². The van der Waals surface area contributed by atoms with Crippen molar-refractivity contribution in [1.29, 1.82) is 0 Å². The van der Waals surface area contributed by atoms with Gasteiger partial charge in [0.15, 0.2) is 11.0 Å². The van der Waals surface area contributed by atoms with Crippen LogP contribution in [0.3, 0.4) is 0 Å². The first-order chi connectivity index (χ1) is 15.6. The zero-order chi connectivity index (χ0) is 24.2. The van der Waals surface area contributed by atoms with Crippen molar-refractivity contribution in [3.8, 4) is 11.4 Å². The minimum absolute atomic E-state index is 0.0567. The lowest BCUT2D eigenvalue weighted by molar-refractivity contribution is -0.272. The Bertz CT molecular complexity index is 1110. The number of hydrogen-bond donors (Lipinski definition) is 2. The number of aromatic nitrogens is 5. The first kappa shape index (κ1) is 24.8. The maximum absolute atomic E-state index is 13.6. The van der Waals surface area contributed by atoms with Crippen LogP contribution in [0.15, 0.2) is 41.8 Å². The van der Waals surface area contributed by atoms with Crippen LogP contribution >= 0.6 is 11.8 Å². The van der Waals surface area contributed by atoms with Gasteiger partial charge in [0, 0.05) is 44.5 Å². The predicted octanol–water partition coefficient (Wildman–Crippen LogP) is 3.06. The molecule has 1 aromatic carbocycles. The van der Waals surface area contributed by atoms with Crippen LogP contribution in [-0.2, 0) is 24.0 Å². The molecule has 0 aliphatic carbocycles. The second-order valence-electron chi connectivity index (χ2n) is 7.53. The minimum atomic E-state index is -4.95. The normalized spacial score (nSPS) is 13.7. The topological polar surface area (TPSA) is 97.9 Å². The van der Waals surface area contributed by atoms with Crippen molar-refractivity contribution in [1.82, 2.24) is 29.6 Å². The van der Waals surface area contributed by atoms with E-state index in [1.54, 1.807) is 0 Å². The standard InChI is InChI=1S/C21H25F3N6O2S/c1-4-30-17(15-7-5-6-14(2)12-15)27-28-19(30)33-13-16(31)25-9-8-20(32,21(22,23)24)18-26-10-11-29(18)3/h5-7,10-12,32H,4,8-9,13H2,1-3H3,(H,25,31). The van der Waals surface area contributed by atoms with Crippen LogP contribution in [-0.4, -0.2) is 53.8 Å². The fourth-order valence-electron chi connectivity index (χ4n) is 3.39. The van der Waals surface area contributed by atoms with Crippen LogP contribution in [0.2, 0.25) is 0 Å². The summed E-state index contributed by atoms with van der Waals surface area (Å²) in [5, 5.41) is 21.7. The van der Waals surface area contributed by atoms with E-state index in [1.807, 2.05) is 42.7 Å². The highest BCUT2D eigenvalue weighted by Gasteiger charge is 2.57. The number of alkyl halides is 3. The number of carbonyl (C=O) groups is 1. The monoisotopic (exact) mass is 482 g/mol. The summed E-state index contributed by atoms with van der Waals surface area (Å²) in [5.74, 6) is -0.390. The third-order valence-electron chi connectivity index (χ3n) is 5.11. The largest absolute Gasteiger partial charge is 0.424 e. The average molecular weight is 483 g/mol. The van der Waals surface area contributed by atoms with E-state index in [4.69, 9.17) is 0 Å². The summed E-state index contributed by atoms with van der Waals surface area (Å²) >= 11 is 1.14. The minimum Gasteiger partial charge on any atom is -0.374 e. The molecule has 33 heavy (non-hydrogen) atoms. The van der Waals surface area contributed by atoms with Gasteiger partial charge in [-0.3, -0.25) is 4.79 Å². The Labute approximate surface area is 193 Å². The van der Waals surface area contributed by atoms with Crippen LogP contribution in [0, 0.1) is 6.92 Å². The molecule has 0 aliphatic heterocycles. The Hall–Kier alpha value is -2.86. The Morgan fingerprint density at radius 1 is 1.27 bits per heavy atom. The molecule has 178 valence electrons. The van der Waals surface area contributed by atoms with Gasteiger partial charge in [0.05, 0.1) is 5.75 Å². The number of rotatable bonds is 9. The number of benzene rings is 1. The Morgan fingerprint density at radius 3 is 2.64 bits per heavy atom. The smallest absolute Gasteiger partial charge is 0.374 e. The first-order valence-electron chi connectivity index (χ1n) is 10.2. The van der Waals surface area contributed by atoms with Crippen molar-refractivity contribution in [2.45, 2.75) is 43.7 Å². The fourth-order valence-corrected chi connectivity index (χ4v) is 4.22. The summed E-state index contributed by atoms with van der Waals surface area (Å²) in [4.78, 5) is 15.9. The molecule has 0 bridgehead atoms. The van der Waals surface area contributed by atoms with Crippen molar-refractivity contribution < 1.29 is 23.1 Å². The van der Waals surface area contributed by atoms with Crippen molar-refractivity contribution in [2.24, 2.45) is 7.05 Å². The fraction of sp³-hybridized carbons (Fsp3) is 0.429. The lowest BCUT2D eigenvalue weighted by Gasteiger charge is -2.29. The van der Waals surface area contributed by atoms with E-state index in [2.05, 4.69) is 20.5 Å². The third kappa shape index (κ3) is 5.38. The Kier molecular flexibility index (Phi) is 7.48. The number of amides is 1. The summed E-state index contributed by atoms with van der Waals surface area (Å²) in [6.07, 6.45) is -3.22. The maximum Gasteiger partial charge on any atom is 0.424 e. The molecule has 0 radical (unpaired) electrons. The quantitative estimate of drug-likeness (QED) is 0.455. The van der Waals surface area contributed by atoms with E-state index < -0.39 is 29.9 Å². The Morgan fingerprint density at radius 2 is 2.03 bits per heavy atom. The van der Waals surface area contributed by atoms with Crippen LogP contribution in [0.5, 0.6) is 0 Å². The molecule has 2 heterocycles. The van der Waals surface area contributed by atoms with Crippen molar-refractivity contribution in [2.75, 3.05) is 12.3 Å². The lowest BCUT2D eigenvalue weighted by atomic mass is 9.97. The highest BCUT2D eigenvalue weighted by atomic mass is 32.2. The summed E-state index contributed by atoms with van der Waals surface area (Å²) < 4.78 is 43.6. The number of hydrogen-bond acceptors (Lipinski definition) is 6. The van der Waals surface area contributed by atoms with Gasteiger partial charge in [-0.2, -0.15) is 13.2 Å². The van der Waals surface area contributed by atoms with Crippen molar-refractivity contribution in [3.63, 3.8) is 0 Å². The summed E-state index contributed by atoms with van der Waals surface area (Å²) in [7, 11) is 1.36. The van der Waals surface area contributed by atoms with E-state index in [1.165, 1.54) is 19.4 Å². The number of halogens is 3. The first-order valence-corrected chi connectivity index (χ1v) is 11.2. The van der Waals surface area contributed by atoms with Gasteiger partial charge >= 0.3 is 6.18 Å². The molecule has 1 amide bonds. The third-order valence-corrected chi connectivity index (χ3v) is 6.08. The van der Waals surface area contributed by atoms with Crippen LogP contribution in [0.4, 0.5) is 13.2 Å². The predicted molar refractivity (Wildman–Crippen MR) is 117 cm³/mol. The number of nitrogens with zero attached hydrogens (tertiary/aromatic N) is 5. The van der Waals surface area contributed by atoms with Crippen molar-refractivity contribution in [3.05, 3.63) is 48.0 Å². The zero-order valence-electron chi connectivity index (χ0n) is 18.4. The molecule has 0 saturated heterocycles. The molecular weight excluding hydrogens is 457 g/mol. The number of thioether (sulfide) groups is 1. The Balaban J connectivity index is 1.60. The lowest BCUT2D eigenvalue weighted by Crippen LogP contribution is -2.46. The van der Waals surface area contributed by atoms with Crippen LogP contribution in [0.25, 0.3) is 11.4 Å². The molecule has 3 aromatic rings. The summed E-state index contributed by atoms with van der Waals surface area (Å²) in [5.41, 5.74) is -1.19. The summed E-state index contributed by atoms with van der Waals surface area (Å²) in [6, 6.07) is 7.81. The molecule has 3 rings (SSSR count). The van der Waals surface area contributed by atoms with Gasteiger partial charge in [0.25, 0.3) is 0 Å². The molecule has 1 atom stereocenters. The van der Waals surface area contributed by atoms with Crippen LogP contribution < -0.4 is 5.32 Å². The highest BCUT2D eigenvalue weighted by molar-refractivity contribution is 7.99. The molecule has 2 N–H and O–H groups in total. The van der Waals surface area contributed by atoms with Gasteiger partial charge in [0.2, 0.25) is 11.5 Å². The maximum atomic E-state index is 13.6.